The van der Waals surface area contributed by atoms with Crippen molar-refractivity contribution in [3.8, 4) is 0 Å². The Hall–Kier alpha value is -3.07. The van der Waals surface area contributed by atoms with E-state index in [-0.39, 0.29) is 29.1 Å². The zero-order valence-electron chi connectivity index (χ0n) is 23.0. The molecule has 1 fully saturated rings. The van der Waals surface area contributed by atoms with E-state index >= 15 is 0 Å². The first-order valence-electron chi connectivity index (χ1n) is 13.9. The summed E-state index contributed by atoms with van der Waals surface area (Å²) in [5.41, 5.74) is 1.25. The molecule has 0 saturated heterocycles. The number of halogens is 2. The Balaban J connectivity index is 1.67. The van der Waals surface area contributed by atoms with E-state index in [2.05, 4.69) is 5.32 Å². The van der Waals surface area contributed by atoms with Gasteiger partial charge in [0.25, 0.3) is 10.0 Å². The predicted molar refractivity (Wildman–Crippen MR) is 164 cm³/mol. The second-order valence-electron chi connectivity index (χ2n) is 10.2. The maximum Gasteiger partial charge on any atom is 0.264 e. The molecular formula is C31H35Cl2N3O4S. The topological polar surface area (TPSA) is 86.8 Å². The smallest absolute Gasteiger partial charge is 0.264 e. The molecule has 41 heavy (non-hydrogen) atoms. The third kappa shape index (κ3) is 8.03. The molecule has 4 rings (SSSR count). The van der Waals surface area contributed by atoms with E-state index < -0.39 is 28.5 Å². The van der Waals surface area contributed by atoms with E-state index in [4.69, 9.17) is 23.2 Å². The second-order valence-corrected chi connectivity index (χ2v) is 12.9. The van der Waals surface area contributed by atoms with E-state index in [9.17, 15) is 18.0 Å². The first kappa shape index (κ1) is 30.9. The highest BCUT2D eigenvalue weighted by molar-refractivity contribution is 7.92. The van der Waals surface area contributed by atoms with Crippen molar-refractivity contribution >= 4 is 50.7 Å². The van der Waals surface area contributed by atoms with Gasteiger partial charge < -0.3 is 10.2 Å². The molecule has 3 aromatic carbocycles. The number of amides is 2. The summed E-state index contributed by atoms with van der Waals surface area (Å²) in [7, 11) is -4.19. The van der Waals surface area contributed by atoms with Crippen molar-refractivity contribution in [3.63, 3.8) is 0 Å². The summed E-state index contributed by atoms with van der Waals surface area (Å²) in [4.78, 5) is 29.1. The molecule has 2 amide bonds. The SMILES string of the molecule is CC[C@H](C(=O)NC1CCCC1)N(CCc1ccccc1)C(=O)CN(c1cccc(Cl)c1)S(=O)(=O)c1ccc(Cl)cc1. The summed E-state index contributed by atoms with van der Waals surface area (Å²) in [6.45, 7) is 1.61. The van der Waals surface area contributed by atoms with Crippen LogP contribution in [-0.4, -0.2) is 50.3 Å². The van der Waals surface area contributed by atoms with E-state index in [1.165, 1.54) is 35.2 Å². The van der Waals surface area contributed by atoms with Crippen molar-refractivity contribution in [1.29, 1.82) is 0 Å². The molecular weight excluding hydrogens is 581 g/mol. The molecule has 0 spiro atoms. The first-order chi connectivity index (χ1) is 19.7. The average molecular weight is 617 g/mol. The molecule has 0 bridgehead atoms. The number of anilines is 1. The van der Waals surface area contributed by atoms with Crippen LogP contribution in [0.1, 0.15) is 44.6 Å². The van der Waals surface area contributed by atoms with Crippen LogP contribution in [0.15, 0.2) is 83.8 Å². The molecule has 3 aromatic rings. The van der Waals surface area contributed by atoms with Crippen molar-refractivity contribution in [2.45, 2.75) is 62.4 Å². The van der Waals surface area contributed by atoms with Crippen LogP contribution >= 0.6 is 23.2 Å². The molecule has 7 nitrogen and oxygen atoms in total. The maximum absolute atomic E-state index is 14.1. The normalized spacial score (nSPS) is 14.4. The number of hydrogen-bond acceptors (Lipinski definition) is 4. The molecule has 0 aromatic heterocycles. The van der Waals surface area contributed by atoms with E-state index in [0.29, 0.717) is 22.9 Å². The zero-order chi connectivity index (χ0) is 29.4. The van der Waals surface area contributed by atoms with E-state index in [1.807, 2.05) is 37.3 Å². The fourth-order valence-corrected chi connectivity index (χ4v) is 6.87. The molecule has 1 saturated carbocycles. The molecule has 218 valence electrons. The van der Waals surface area contributed by atoms with Gasteiger partial charge in [-0.2, -0.15) is 0 Å². The van der Waals surface area contributed by atoms with E-state index in [0.717, 1.165) is 35.6 Å². The van der Waals surface area contributed by atoms with Gasteiger partial charge in [0.2, 0.25) is 11.8 Å². The fourth-order valence-electron chi connectivity index (χ4n) is 5.16. The largest absolute Gasteiger partial charge is 0.352 e. The predicted octanol–water partition coefficient (Wildman–Crippen LogP) is 6.10. The highest BCUT2D eigenvalue weighted by Crippen LogP contribution is 2.27. The van der Waals surface area contributed by atoms with Gasteiger partial charge in [0, 0.05) is 22.6 Å². The van der Waals surface area contributed by atoms with Gasteiger partial charge in [0.05, 0.1) is 10.6 Å². The minimum atomic E-state index is -4.19. The van der Waals surface area contributed by atoms with Crippen LogP contribution in [0.5, 0.6) is 0 Å². The van der Waals surface area contributed by atoms with Crippen LogP contribution in [0.3, 0.4) is 0 Å². The molecule has 0 aliphatic heterocycles. The lowest BCUT2D eigenvalue weighted by Crippen LogP contribution is -2.54. The molecule has 0 radical (unpaired) electrons. The first-order valence-corrected chi connectivity index (χ1v) is 16.1. The maximum atomic E-state index is 14.1. The van der Waals surface area contributed by atoms with Crippen LogP contribution in [-0.2, 0) is 26.0 Å². The highest BCUT2D eigenvalue weighted by atomic mass is 35.5. The minimum Gasteiger partial charge on any atom is -0.352 e. The van der Waals surface area contributed by atoms with Crippen LogP contribution in [0.2, 0.25) is 10.0 Å². The molecule has 0 heterocycles. The number of sulfonamides is 1. The molecule has 0 unspecified atom stereocenters. The van der Waals surface area contributed by atoms with Crippen molar-refractivity contribution in [1.82, 2.24) is 10.2 Å². The lowest BCUT2D eigenvalue weighted by molar-refractivity contribution is -0.139. The van der Waals surface area contributed by atoms with Crippen molar-refractivity contribution in [2.75, 3.05) is 17.4 Å². The number of nitrogens with one attached hydrogen (secondary N) is 1. The molecule has 1 atom stereocenters. The second kappa shape index (κ2) is 14.2. The molecule has 1 N–H and O–H groups in total. The van der Waals surface area contributed by atoms with Crippen molar-refractivity contribution in [2.24, 2.45) is 0 Å². The van der Waals surface area contributed by atoms with Crippen molar-refractivity contribution in [3.05, 3.63) is 94.5 Å². The van der Waals surface area contributed by atoms with Gasteiger partial charge in [-0.1, -0.05) is 79.4 Å². The Morgan fingerprint density at radius 1 is 0.927 bits per heavy atom. The minimum absolute atomic E-state index is 0.0171. The molecule has 1 aliphatic carbocycles. The summed E-state index contributed by atoms with van der Waals surface area (Å²) in [6, 6.07) is 21.2. The Kier molecular flexibility index (Phi) is 10.7. The summed E-state index contributed by atoms with van der Waals surface area (Å²) >= 11 is 12.2. The monoisotopic (exact) mass is 615 g/mol. The summed E-state index contributed by atoms with van der Waals surface area (Å²) in [6.07, 6.45) is 4.87. The van der Waals surface area contributed by atoms with Crippen LogP contribution in [0.25, 0.3) is 0 Å². The number of benzene rings is 3. The lowest BCUT2D eigenvalue weighted by atomic mass is 10.1. The quantitative estimate of drug-likeness (QED) is 0.267. The number of carbonyl (C=O) groups excluding carboxylic acids is 2. The Morgan fingerprint density at radius 2 is 1.61 bits per heavy atom. The van der Waals surface area contributed by atoms with Gasteiger partial charge in [0.15, 0.2) is 0 Å². The Bertz CT molecular complexity index is 1430. The van der Waals surface area contributed by atoms with E-state index in [1.54, 1.807) is 18.2 Å². The summed E-state index contributed by atoms with van der Waals surface area (Å²) in [5.74, 6) is -0.692. The van der Waals surface area contributed by atoms with Gasteiger partial charge in [-0.25, -0.2) is 8.42 Å². The molecule has 1 aliphatic rings. The van der Waals surface area contributed by atoms with Crippen molar-refractivity contribution < 1.29 is 18.0 Å². The van der Waals surface area contributed by atoms with Gasteiger partial charge in [0.1, 0.15) is 12.6 Å². The Labute approximate surface area is 252 Å². The van der Waals surface area contributed by atoms with Gasteiger partial charge >= 0.3 is 0 Å². The van der Waals surface area contributed by atoms with Gasteiger partial charge in [-0.15, -0.1) is 0 Å². The molecule has 10 heteroatoms. The standard InChI is InChI=1S/C31H35Cl2N3O4S/c1-2-29(31(38)34-26-12-6-7-13-26)35(20-19-23-9-4-3-5-10-23)30(37)22-36(27-14-8-11-25(33)21-27)41(39,40)28-17-15-24(32)16-18-28/h3-5,8-11,14-18,21,26,29H,2,6-7,12-13,19-20,22H2,1H3,(H,34,38)/t29-/m1/s1. The van der Waals surface area contributed by atoms with Gasteiger partial charge in [-0.05, 0) is 73.7 Å². The summed E-state index contributed by atoms with van der Waals surface area (Å²) < 4.78 is 28.8. The summed E-state index contributed by atoms with van der Waals surface area (Å²) in [5, 5.41) is 3.84. The number of carbonyl (C=O) groups is 2. The number of rotatable bonds is 12. The third-order valence-corrected chi connectivity index (χ3v) is 9.62. The highest BCUT2D eigenvalue weighted by Gasteiger charge is 2.34. The van der Waals surface area contributed by atoms with Crippen LogP contribution in [0, 0.1) is 0 Å². The van der Waals surface area contributed by atoms with Crippen LogP contribution < -0.4 is 9.62 Å². The lowest BCUT2D eigenvalue weighted by Gasteiger charge is -2.33. The fraction of sp³-hybridized carbons (Fsp3) is 0.355. The Morgan fingerprint density at radius 3 is 2.24 bits per heavy atom. The third-order valence-electron chi connectivity index (χ3n) is 7.35. The zero-order valence-corrected chi connectivity index (χ0v) is 25.3. The average Bonchev–Trinajstić information content (AvgIpc) is 3.47. The number of hydrogen-bond donors (Lipinski definition) is 1. The van der Waals surface area contributed by atoms with Crippen LogP contribution in [0.4, 0.5) is 5.69 Å². The van der Waals surface area contributed by atoms with Gasteiger partial charge in [-0.3, -0.25) is 13.9 Å². The number of nitrogens with zero attached hydrogens (tertiary/aromatic N) is 2.